The van der Waals surface area contributed by atoms with Crippen molar-refractivity contribution in [3.05, 3.63) is 281 Å². The molecule has 10 aliphatic rings. The molecule has 2 fully saturated rings. The van der Waals surface area contributed by atoms with E-state index in [0.29, 0.717) is 35.0 Å². The number of ketones is 10. The summed E-state index contributed by atoms with van der Waals surface area (Å²) in [6, 6.07) is 37.6. The molecule has 10 aliphatic carbocycles. The number of nitrogens with zero attached hydrogens (tertiary/aromatic N) is 6. The van der Waals surface area contributed by atoms with Crippen LogP contribution in [0.3, 0.4) is 0 Å². The van der Waals surface area contributed by atoms with Crippen molar-refractivity contribution in [1.82, 2.24) is 29.9 Å². The van der Waals surface area contributed by atoms with Crippen LogP contribution in [0.15, 0.2) is 195 Å². The molecule has 2 aromatic heterocycles. The zero-order chi connectivity index (χ0) is 106. The van der Waals surface area contributed by atoms with Gasteiger partial charge in [0.1, 0.15) is 70.0 Å². The van der Waals surface area contributed by atoms with E-state index in [-0.39, 0.29) is 157 Å². The van der Waals surface area contributed by atoms with Crippen LogP contribution in [0, 0.1) is 61.3 Å². The van der Waals surface area contributed by atoms with E-state index in [1.165, 1.54) is 28.0 Å². The molecule has 2 amide bonds. The van der Waals surface area contributed by atoms with Crippen molar-refractivity contribution in [3.63, 3.8) is 0 Å². The molecule has 0 aliphatic heterocycles. The van der Waals surface area contributed by atoms with Crippen molar-refractivity contribution < 1.29 is 159 Å². The quantitative estimate of drug-likeness (QED) is 0.0125. The maximum absolute atomic E-state index is 13.6. The summed E-state index contributed by atoms with van der Waals surface area (Å²) >= 11 is 0. The van der Waals surface area contributed by atoms with Crippen molar-refractivity contribution in [3.8, 4) is 23.3 Å². The van der Waals surface area contributed by atoms with Gasteiger partial charge in [-0.15, -0.1) is 0 Å². The van der Waals surface area contributed by atoms with Crippen LogP contribution in [0.2, 0.25) is 0 Å². The minimum absolute atomic E-state index is 0. The molecule has 34 nitrogen and oxygen atoms in total. The molecule has 0 saturated heterocycles. The SMILES string of the molecule is CC(=O)c1c(C)cccc1C(C)C.CCc1cccc(C)c1C(C)=O.CN(C)[C@@H]1c2onc(OCc3ccccc3)c2C(=O)[C@@]2(OP)C(=O)C=CC[C@@H]12.C[C@H]1C=[C-]C(=O)[C@]2(OP)C(=O)c3c(OCc4ccccc4)noc3[C@@H](N(C)C)[C@H]12.C[C@H]1c2cccc(O)c2C(O)=C2C(=O)[C@]3(O)C(O)=C(C(N)=O)C(=O)[C@@H](N(C)C)[C@@H]3C[C@@H]21.C[C@H]1c2cccc(O)c2C(O)=C2C(=O)[C@]3(O)C(O)=C(C(N)=O)C(=O)[C@@H](N(C)C)[C@@H]3C[C@@H]21.[Y]. The Morgan fingerprint density at radius 3 is 1.30 bits per heavy atom. The van der Waals surface area contributed by atoms with E-state index in [4.69, 9.17) is 39.0 Å². The number of Topliss-reactive ketones (excluding diaryl/α,β-unsaturated/α-hetero) is 9. The molecule has 37 heteroatoms. The number of allylic oxidation sites excluding steroid dienone is 2. The molecule has 0 spiro atoms. The Labute approximate surface area is 868 Å². The maximum Gasteiger partial charge on any atom is 0.265 e. The predicted molar refractivity (Wildman–Crippen MR) is 535 cm³/mol. The van der Waals surface area contributed by atoms with Crippen LogP contribution >= 0.6 is 18.9 Å². The number of phenolic OH excluding ortho intramolecular Hbond substituents is 2. The molecule has 2 saturated carbocycles. The number of fused-ring (bicyclic) bond motifs is 10. The van der Waals surface area contributed by atoms with Crippen LogP contribution in [-0.2, 0) is 99.7 Å². The number of aliphatic hydroxyl groups excluding tert-OH is 4. The fourth-order valence-electron chi connectivity index (χ4n) is 22.6. The van der Waals surface area contributed by atoms with Gasteiger partial charge in [-0.3, -0.25) is 78.4 Å². The Kier molecular flexibility index (Phi) is 34.1. The zero-order valence-corrected chi connectivity index (χ0v) is 88.9. The second-order valence-corrected chi connectivity index (χ2v) is 39.5. The van der Waals surface area contributed by atoms with E-state index >= 15 is 0 Å². The summed E-state index contributed by atoms with van der Waals surface area (Å²) in [6.45, 7) is 19.6. The van der Waals surface area contributed by atoms with Gasteiger partial charge in [0.2, 0.25) is 28.7 Å². The van der Waals surface area contributed by atoms with Crippen LogP contribution in [0.5, 0.6) is 23.3 Å². The molecule has 1 radical (unpaired) electrons. The number of aromatic nitrogens is 2. The van der Waals surface area contributed by atoms with E-state index in [2.05, 4.69) is 56.1 Å². The number of phenols is 2. The van der Waals surface area contributed by atoms with Gasteiger partial charge < -0.3 is 90.8 Å². The number of hydrogen-bond donors (Lipinski definition) is 10. The first-order chi connectivity index (χ1) is 68.0. The first-order valence-electron chi connectivity index (χ1n) is 47.0. The van der Waals surface area contributed by atoms with Crippen LogP contribution in [0.4, 0.5) is 0 Å². The summed E-state index contributed by atoms with van der Waals surface area (Å²) in [4.78, 5) is 159. The average Bonchev–Trinajstić information content (AvgIpc) is 1.62. The number of rotatable bonds is 18. The van der Waals surface area contributed by atoms with Gasteiger partial charge in [0.05, 0.1) is 35.3 Å². The molecule has 2 heterocycles. The molecule has 145 heavy (non-hydrogen) atoms. The smallest absolute Gasteiger partial charge is 0.265 e. The van der Waals surface area contributed by atoms with E-state index < -0.39 is 163 Å². The number of benzene rings is 6. The fraction of sp³-hybridized carbons (Fsp3) is 0.389. The number of nitrogens with two attached hydrogens (primary N) is 2. The topological polar surface area (TPSA) is 521 Å². The Balaban J connectivity index is 0.000000159. The van der Waals surface area contributed by atoms with Gasteiger partial charge in [0, 0.05) is 103 Å². The van der Waals surface area contributed by atoms with Crippen molar-refractivity contribution in [1.29, 1.82) is 0 Å². The number of aromatic hydroxyl groups is 2. The number of ether oxygens (including phenoxy) is 2. The van der Waals surface area contributed by atoms with Gasteiger partial charge >= 0.3 is 0 Å². The molecule has 12 N–H and O–H groups in total. The van der Waals surface area contributed by atoms with Gasteiger partial charge in [-0.25, -0.2) is 0 Å². The number of carbonyl (C=O) groups excluding carboxylic acids is 12. The summed E-state index contributed by atoms with van der Waals surface area (Å²) in [6.07, 6.45) is 9.13. The normalized spacial score (nSPS) is 26.5. The van der Waals surface area contributed by atoms with E-state index in [0.717, 1.165) is 50.9 Å². The second kappa shape index (κ2) is 44.3. The van der Waals surface area contributed by atoms with Gasteiger partial charge in [0.25, 0.3) is 23.6 Å². The number of aryl methyl sites for hydroxylation is 3. The zero-order valence-electron chi connectivity index (χ0n) is 83.8. The third-order valence-electron chi connectivity index (χ3n) is 29.4. The second-order valence-electron chi connectivity index (χ2n) is 39.0. The van der Waals surface area contributed by atoms with Crippen LogP contribution in [-0.4, -0.2) is 231 Å². The first-order valence-corrected chi connectivity index (χ1v) is 47.9. The number of aliphatic hydroxyl groups is 6. The number of hydrogen-bond acceptors (Lipinski definition) is 32. The summed E-state index contributed by atoms with van der Waals surface area (Å²) in [5, 5.41) is 95.0. The van der Waals surface area contributed by atoms with E-state index in [1.54, 1.807) is 78.5 Å². The Morgan fingerprint density at radius 2 is 0.917 bits per heavy atom. The van der Waals surface area contributed by atoms with Gasteiger partial charge in [-0.2, -0.15) is 0 Å². The Morgan fingerprint density at radius 1 is 0.517 bits per heavy atom. The Hall–Kier alpha value is -12.1. The predicted octanol–water partition coefficient (Wildman–Crippen LogP) is 12.7. The van der Waals surface area contributed by atoms with E-state index in [9.17, 15) is 98.4 Å². The van der Waals surface area contributed by atoms with E-state index in [1.807, 2.05) is 170 Å². The van der Waals surface area contributed by atoms with Gasteiger partial charge in [-0.05, 0) is 218 Å². The third kappa shape index (κ3) is 19.4. The third-order valence-corrected chi connectivity index (χ3v) is 30.1. The summed E-state index contributed by atoms with van der Waals surface area (Å²) in [5.74, 6) is -14.9. The standard InChI is InChI=1S/2C22H24N2O7.C21H22N2O5P.C20H21N2O5P.C12H16O.C11H14O.Y/c2*1-8-9-5-4-6-12(25)13(9)17(26)14-10(8)7-11-16(24(2)3)18(27)15(21(23)30)20(29)22(11,31)19(14)28;1-12-9-10-14(24)21(28-29)16(12)17(23(2)3)18-15(19(21)25)20(22-27-18)26-11-13-7-5-4-6-8-13;1-22(2)16-13-9-6-10-14(23)20(13,27-28)18(24)15-17(16)26-21-19(15)25-11-12-7-4-3-5-8-12;1-8(2)11-7-5-6-9(3)12(11)10(4)13;1-4-10-7-5-6-8(2)11(10)9(3)12;/h2*4-6,8,10-11,16,25-26,29,31H,7H2,1-3H3,(H2,23,30);4-9,12,16-17H,11,29H2,1-3H3;3-8,10,13,16H,9,11,28H2,1-2H3;5-8H,1-4H3;5-7H,4H2,1-3H3;/q;;-1;;;;/t2*8-,10+,11-,16-,22-;12-,16-,17-,21+;13-,16-,20-;;;/m0000.../s1. The molecule has 2 unspecified atom stereocenters. The molecular weight excluding hydrogens is 1980 g/mol. The van der Waals surface area contributed by atoms with Crippen molar-refractivity contribution in [2.24, 2.45) is 52.9 Å². The monoisotopic (exact) mass is 2100 g/mol. The van der Waals surface area contributed by atoms with Crippen molar-refractivity contribution in [2.45, 2.75) is 172 Å². The number of likely N-dealkylation sites (N-methyl/N-ethyl adjacent to an activating group) is 2. The molecule has 8 aromatic rings. The molecule has 6 aromatic carbocycles. The molecular formula is C108H121N8O26P2Y-. The largest absolute Gasteiger partial charge is 0.508 e. The van der Waals surface area contributed by atoms with Crippen molar-refractivity contribution in [2.75, 3.05) is 56.4 Å². The first kappa shape index (κ1) is 112. The van der Waals surface area contributed by atoms with Crippen LogP contribution < -0.4 is 20.9 Å². The summed E-state index contributed by atoms with van der Waals surface area (Å²) in [5.41, 5.74) is 9.97. The van der Waals surface area contributed by atoms with Gasteiger partial charge in [-0.1, -0.05) is 169 Å². The van der Waals surface area contributed by atoms with Crippen molar-refractivity contribution >= 4 is 100 Å². The van der Waals surface area contributed by atoms with Crippen LogP contribution in [0.25, 0.3) is 11.5 Å². The molecule has 0 bridgehead atoms. The summed E-state index contributed by atoms with van der Waals surface area (Å²) < 4.78 is 33.9. The summed E-state index contributed by atoms with van der Waals surface area (Å²) in [7, 11) is 17.9. The minimum Gasteiger partial charge on any atom is -0.508 e. The molecule has 18 rings (SSSR count). The average molecular weight is 2100 g/mol. The number of amides is 2. The molecule has 19 atom stereocenters. The molecule has 763 valence electrons. The Bertz CT molecular complexity index is 6540. The van der Waals surface area contributed by atoms with Crippen LogP contribution in [0.1, 0.15) is 213 Å². The number of carbonyl (C=O) groups is 12. The number of primary amides is 2. The minimum atomic E-state index is -2.62. The maximum atomic E-state index is 13.6. The fourth-order valence-corrected chi connectivity index (χ4v) is 23.4. The van der Waals surface area contributed by atoms with Gasteiger partial charge in [0.15, 0.2) is 57.2 Å².